The van der Waals surface area contributed by atoms with Crippen molar-refractivity contribution in [3.05, 3.63) is 18.4 Å². The highest BCUT2D eigenvalue weighted by Gasteiger charge is 1.92. The molecule has 0 aliphatic carbocycles. The third-order valence-corrected chi connectivity index (χ3v) is 0.754. The van der Waals surface area contributed by atoms with E-state index in [-0.39, 0.29) is 0 Å². The molecular formula is C6H8O3. The highest BCUT2D eigenvalue weighted by atomic mass is 17.2. The Balaban J connectivity index is 2.30. The molecule has 1 aromatic rings. The van der Waals surface area contributed by atoms with Crippen LogP contribution in [0.4, 0.5) is 0 Å². The predicted molar refractivity (Wildman–Crippen MR) is 31.0 cm³/mol. The van der Waals surface area contributed by atoms with Crippen LogP contribution in [0.25, 0.3) is 0 Å². The monoisotopic (exact) mass is 128 g/mol. The first-order chi connectivity index (χ1) is 4.43. The van der Waals surface area contributed by atoms with Crippen molar-refractivity contribution in [2.45, 2.75) is 6.92 Å². The Morgan fingerprint density at radius 2 is 2.56 bits per heavy atom. The summed E-state index contributed by atoms with van der Waals surface area (Å²) in [4.78, 5) is 9.21. The van der Waals surface area contributed by atoms with E-state index in [9.17, 15) is 0 Å². The fourth-order valence-corrected chi connectivity index (χ4v) is 0.428. The van der Waals surface area contributed by atoms with E-state index in [1.54, 1.807) is 12.1 Å². The summed E-state index contributed by atoms with van der Waals surface area (Å²) in [5.41, 5.74) is 0. The second-order valence-electron chi connectivity index (χ2n) is 1.42. The molecule has 0 fully saturated rings. The van der Waals surface area contributed by atoms with E-state index >= 15 is 0 Å². The van der Waals surface area contributed by atoms with Crippen molar-refractivity contribution in [1.29, 1.82) is 0 Å². The van der Waals surface area contributed by atoms with Crippen molar-refractivity contribution in [1.82, 2.24) is 0 Å². The lowest BCUT2D eigenvalue weighted by Crippen LogP contribution is -1.93. The number of furan rings is 1. The van der Waals surface area contributed by atoms with Crippen LogP contribution in [0.3, 0.4) is 0 Å². The van der Waals surface area contributed by atoms with E-state index in [0.717, 1.165) is 0 Å². The standard InChI is InChI=1S/C6H8O3/c1-2-8-9-6-4-3-5-7-6/h3-5H,2H2,1H3. The predicted octanol–water partition coefficient (Wildman–Crippen LogP) is 1.61. The Hall–Kier alpha value is -0.960. The van der Waals surface area contributed by atoms with Crippen LogP contribution in [0.1, 0.15) is 6.92 Å². The van der Waals surface area contributed by atoms with Crippen LogP contribution in [0.5, 0.6) is 5.95 Å². The third-order valence-electron chi connectivity index (χ3n) is 0.754. The minimum Gasteiger partial charge on any atom is -0.432 e. The van der Waals surface area contributed by atoms with Crippen LogP contribution in [-0.2, 0) is 4.89 Å². The quantitative estimate of drug-likeness (QED) is 0.457. The zero-order chi connectivity index (χ0) is 6.53. The van der Waals surface area contributed by atoms with Gasteiger partial charge in [-0.3, -0.25) is 4.89 Å². The molecule has 0 spiro atoms. The molecule has 3 heteroatoms. The third kappa shape index (κ3) is 1.77. The van der Waals surface area contributed by atoms with Gasteiger partial charge in [0, 0.05) is 6.07 Å². The van der Waals surface area contributed by atoms with E-state index in [2.05, 4.69) is 9.78 Å². The SMILES string of the molecule is CCOOc1ccco1. The molecule has 50 valence electrons. The van der Waals surface area contributed by atoms with Crippen LogP contribution in [0.2, 0.25) is 0 Å². The zero-order valence-electron chi connectivity index (χ0n) is 5.16. The fraction of sp³-hybridized carbons (Fsp3) is 0.333. The van der Waals surface area contributed by atoms with E-state index in [1.807, 2.05) is 6.92 Å². The zero-order valence-corrected chi connectivity index (χ0v) is 5.16. The molecule has 3 nitrogen and oxygen atoms in total. The summed E-state index contributed by atoms with van der Waals surface area (Å²) in [5, 5.41) is 0. The Morgan fingerprint density at radius 3 is 3.11 bits per heavy atom. The Kier molecular flexibility index (Phi) is 2.15. The molecule has 0 radical (unpaired) electrons. The molecule has 0 aliphatic rings. The van der Waals surface area contributed by atoms with Crippen molar-refractivity contribution in [2.24, 2.45) is 0 Å². The number of hydrogen-bond acceptors (Lipinski definition) is 3. The summed E-state index contributed by atoms with van der Waals surface area (Å²) in [5.74, 6) is 0.386. The molecule has 0 aliphatic heterocycles. The van der Waals surface area contributed by atoms with Gasteiger partial charge in [-0.1, -0.05) is 0 Å². The maximum absolute atomic E-state index is 4.79. The van der Waals surface area contributed by atoms with Gasteiger partial charge in [-0.15, -0.1) is 0 Å². The van der Waals surface area contributed by atoms with E-state index in [0.29, 0.717) is 12.6 Å². The van der Waals surface area contributed by atoms with Crippen molar-refractivity contribution in [3.8, 4) is 5.95 Å². The Labute approximate surface area is 53.1 Å². The summed E-state index contributed by atoms with van der Waals surface area (Å²) >= 11 is 0. The van der Waals surface area contributed by atoms with Crippen molar-refractivity contribution in [3.63, 3.8) is 0 Å². The van der Waals surface area contributed by atoms with Crippen LogP contribution in [0.15, 0.2) is 22.8 Å². The maximum Gasteiger partial charge on any atom is 0.321 e. The lowest BCUT2D eigenvalue weighted by molar-refractivity contribution is -0.215. The van der Waals surface area contributed by atoms with Gasteiger partial charge in [0.1, 0.15) is 0 Å². The van der Waals surface area contributed by atoms with Gasteiger partial charge >= 0.3 is 5.95 Å². The van der Waals surface area contributed by atoms with E-state index in [1.165, 1.54) is 6.26 Å². The van der Waals surface area contributed by atoms with Crippen LogP contribution < -0.4 is 4.89 Å². The molecule has 0 amide bonds. The summed E-state index contributed by atoms with van der Waals surface area (Å²) in [6.45, 7) is 2.35. The number of rotatable bonds is 3. The fourth-order valence-electron chi connectivity index (χ4n) is 0.428. The van der Waals surface area contributed by atoms with Gasteiger partial charge in [0.25, 0.3) is 0 Å². The van der Waals surface area contributed by atoms with Crippen LogP contribution >= 0.6 is 0 Å². The average molecular weight is 128 g/mol. The van der Waals surface area contributed by atoms with Gasteiger partial charge in [0.2, 0.25) is 0 Å². The molecular weight excluding hydrogens is 120 g/mol. The smallest absolute Gasteiger partial charge is 0.321 e. The Bertz CT molecular complexity index is 145. The summed E-state index contributed by atoms with van der Waals surface area (Å²) in [6.07, 6.45) is 1.52. The van der Waals surface area contributed by atoms with Gasteiger partial charge in [0.05, 0.1) is 12.9 Å². The molecule has 0 unspecified atom stereocenters. The molecule has 9 heavy (non-hydrogen) atoms. The number of hydrogen-bond donors (Lipinski definition) is 0. The van der Waals surface area contributed by atoms with Gasteiger partial charge < -0.3 is 4.42 Å². The molecule has 1 aromatic heterocycles. The van der Waals surface area contributed by atoms with E-state index in [4.69, 9.17) is 4.42 Å². The second-order valence-corrected chi connectivity index (χ2v) is 1.42. The lowest BCUT2D eigenvalue weighted by Gasteiger charge is -1.94. The van der Waals surface area contributed by atoms with Crippen molar-refractivity contribution < 1.29 is 14.2 Å². The molecule has 1 heterocycles. The molecule has 0 saturated heterocycles. The minimum absolute atomic E-state index is 0.386. The largest absolute Gasteiger partial charge is 0.432 e. The molecule has 1 rings (SSSR count). The van der Waals surface area contributed by atoms with Gasteiger partial charge in [0.15, 0.2) is 0 Å². The van der Waals surface area contributed by atoms with Gasteiger partial charge in [-0.2, -0.15) is 4.89 Å². The van der Waals surface area contributed by atoms with Crippen molar-refractivity contribution in [2.75, 3.05) is 6.61 Å². The summed E-state index contributed by atoms with van der Waals surface area (Å²) < 4.78 is 4.79. The first-order valence-corrected chi connectivity index (χ1v) is 2.76. The van der Waals surface area contributed by atoms with Gasteiger partial charge in [-0.05, 0) is 13.0 Å². The molecule has 0 saturated carbocycles. The molecule has 0 N–H and O–H groups in total. The second kappa shape index (κ2) is 3.14. The topological polar surface area (TPSA) is 31.6 Å². The highest BCUT2D eigenvalue weighted by Crippen LogP contribution is 2.09. The summed E-state index contributed by atoms with van der Waals surface area (Å²) in [7, 11) is 0. The summed E-state index contributed by atoms with van der Waals surface area (Å²) in [6, 6.07) is 3.41. The lowest BCUT2D eigenvalue weighted by atomic mass is 10.7. The minimum atomic E-state index is 0.386. The first-order valence-electron chi connectivity index (χ1n) is 2.76. The maximum atomic E-state index is 4.79. The Morgan fingerprint density at radius 1 is 1.67 bits per heavy atom. The van der Waals surface area contributed by atoms with Crippen LogP contribution in [0, 0.1) is 0 Å². The first kappa shape index (κ1) is 6.16. The molecule has 0 atom stereocenters. The van der Waals surface area contributed by atoms with Crippen LogP contribution in [-0.4, -0.2) is 6.61 Å². The van der Waals surface area contributed by atoms with E-state index < -0.39 is 0 Å². The normalized spacial score (nSPS) is 9.44. The highest BCUT2D eigenvalue weighted by molar-refractivity contribution is 5.02. The molecule has 0 aromatic carbocycles. The molecule has 0 bridgehead atoms. The van der Waals surface area contributed by atoms with Gasteiger partial charge in [-0.25, -0.2) is 0 Å². The van der Waals surface area contributed by atoms with Crippen molar-refractivity contribution >= 4 is 0 Å². The average Bonchev–Trinajstić information content (AvgIpc) is 2.34.